The Labute approximate surface area is 163 Å². The summed E-state index contributed by atoms with van der Waals surface area (Å²) in [6.07, 6.45) is 1.68. The van der Waals surface area contributed by atoms with Crippen LogP contribution in [0.4, 0.5) is 5.69 Å². The highest BCUT2D eigenvalue weighted by atomic mass is 35.5. The highest BCUT2D eigenvalue weighted by Gasteiger charge is 2.28. The molecule has 1 aliphatic rings. The van der Waals surface area contributed by atoms with Gasteiger partial charge in [0, 0.05) is 16.6 Å². The van der Waals surface area contributed by atoms with Crippen molar-refractivity contribution < 1.29 is 17.9 Å². The average Bonchev–Trinajstić information content (AvgIpc) is 3.41. The molecule has 27 heavy (non-hydrogen) atoms. The van der Waals surface area contributed by atoms with Gasteiger partial charge in [0.15, 0.2) is 0 Å². The van der Waals surface area contributed by atoms with E-state index in [0.717, 1.165) is 12.8 Å². The van der Waals surface area contributed by atoms with E-state index >= 15 is 0 Å². The van der Waals surface area contributed by atoms with Crippen LogP contribution in [-0.4, -0.2) is 27.0 Å². The summed E-state index contributed by atoms with van der Waals surface area (Å²) in [5, 5.41) is 3.22. The maximum atomic E-state index is 12.8. The van der Waals surface area contributed by atoms with Gasteiger partial charge in [0.05, 0.1) is 17.2 Å². The SMILES string of the molecule is CCOc1ccc(Cl)cc1NC(=O)c1cc(S(=O)(=O)NC2CC2)ccc1C. The zero-order valence-corrected chi connectivity index (χ0v) is 16.7. The molecule has 2 aromatic rings. The summed E-state index contributed by atoms with van der Waals surface area (Å²) in [6, 6.07) is 9.45. The summed E-state index contributed by atoms with van der Waals surface area (Å²) in [5.41, 5.74) is 1.37. The molecule has 0 aliphatic heterocycles. The number of hydrogen-bond acceptors (Lipinski definition) is 4. The first-order valence-corrected chi connectivity index (χ1v) is 10.5. The molecule has 1 aliphatic carbocycles. The molecule has 0 atom stereocenters. The summed E-state index contributed by atoms with van der Waals surface area (Å²) < 4.78 is 33.0. The van der Waals surface area contributed by atoms with Gasteiger partial charge < -0.3 is 10.1 Å². The van der Waals surface area contributed by atoms with Crippen LogP contribution in [0.2, 0.25) is 5.02 Å². The molecule has 3 rings (SSSR count). The van der Waals surface area contributed by atoms with Crippen LogP contribution in [0.3, 0.4) is 0 Å². The lowest BCUT2D eigenvalue weighted by molar-refractivity contribution is 0.102. The monoisotopic (exact) mass is 408 g/mol. The van der Waals surface area contributed by atoms with Crippen molar-refractivity contribution in [1.82, 2.24) is 4.72 Å². The molecule has 1 amide bonds. The first-order valence-electron chi connectivity index (χ1n) is 8.67. The molecule has 0 saturated heterocycles. The Morgan fingerprint density at radius 1 is 1.22 bits per heavy atom. The zero-order valence-electron chi connectivity index (χ0n) is 15.1. The van der Waals surface area contributed by atoms with Crippen LogP contribution in [0.1, 0.15) is 35.7 Å². The number of ether oxygens (including phenoxy) is 1. The van der Waals surface area contributed by atoms with Gasteiger partial charge in [0.25, 0.3) is 5.91 Å². The number of benzene rings is 2. The van der Waals surface area contributed by atoms with Crippen molar-refractivity contribution in [2.24, 2.45) is 0 Å². The van der Waals surface area contributed by atoms with Gasteiger partial charge in [-0.05, 0) is 62.6 Å². The van der Waals surface area contributed by atoms with Gasteiger partial charge in [0.2, 0.25) is 10.0 Å². The molecule has 2 N–H and O–H groups in total. The molecule has 0 radical (unpaired) electrons. The van der Waals surface area contributed by atoms with E-state index in [1.807, 2.05) is 6.92 Å². The van der Waals surface area contributed by atoms with E-state index in [-0.39, 0.29) is 16.5 Å². The van der Waals surface area contributed by atoms with E-state index in [4.69, 9.17) is 16.3 Å². The second kappa shape index (κ2) is 7.88. The third-order valence-electron chi connectivity index (χ3n) is 4.15. The number of aryl methyl sites for hydroxylation is 1. The quantitative estimate of drug-likeness (QED) is 0.730. The lowest BCUT2D eigenvalue weighted by Crippen LogP contribution is -2.26. The Hall–Kier alpha value is -2.09. The van der Waals surface area contributed by atoms with Crippen LogP contribution in [-0.2, 0) is 10.0 Å². The van der Waals surface area contributed by atoms with E-state index in [1.165, 1.54) is 12.1 Å². The van der Waals surface area contributed by atoms with Crippen LogP contribution in [0, 0.1) is 6.92 Å². The smallest absolute Gasteiger partial charge is 0.256 e. The number of halogens is 1. The molecule has 1 fully saturated rings. The van der Waals surface area contributed by atoms with Gasteiger partial charge >= 0.3 is 0 Å². The molecular formula is C19H21ClN2O4S. The summed E-state index contributed by atoms with van der Waals surface area (Å²) in [5.74, 6) is 0.0614. The molecule has 0 spiro atoms. The number of rotatable bonds is 7. The molecular weight excluding hydrogens is 388 g/mol. The number of hydrogen-bond donors (Lipinski definition) is 2. The summed E-state index contributed by atoms with van der Waals surface area (Å²) in [7, 11) is -3.64. The van der Waals surface area contributed by atoms with E-state index in [9.17, 15) is 13.2 Å². The largest absolute Gasteiger partial charge is 0.492 e. The van der Waals surface area contributed by atoms with Crippen LogP contribution >= 0.6 is 11.6 Å². The highest BCUT2D eigenvalue weighted by Crippen LogP contribution is 2.29. The maximum absolute atomic E-state index is 12.8. The minimum absolute atomic E-state index is 0.00575. The number of amides is 1. The van der Waals surface area contributed by atoms with Gasteiger partial charge in [-0.2, -0.15) is 0 Å². The van der Waals surface area contributed by atoms with Crippen molar-refractivity contribution in [3.8, 4) is 5.75 Å². The number of carbonyl (C=O) groups is 1. The number of anilines is 1. The predicted molar refractivity (Wildman–Crippen MR) is 105 cm³/mol. The number of carbonyl (C=O) groups excluding carboxylic acids is 1. The van der Waals surface area contributed by atoms with Crippen molar-refractivity contribution >= 4 is 33.2 Å². The van der Waals surface area contributed by atoms with Crippen LogP contribution < -0.4 is 14.8 Å². The standard InChI is InChI=1S/C19H21ClN2O4S/c1-3-26-18-9-5-13(20)10-17(18)21-19(23)16-11-15(8-4-12(16)2)27(24,25)22-14-6-7-14/h4-5,8-11,14,22H,3,6-7H2,1-2H3,(H,21,23). The Bertz CT molecular complexity index is 972. The summed E-state index contributed by atoms with van der Waals surface area (Å²) >= 11 is 6.02. The molecule has 0 bridgehead atoms. The van der Waals surface area contributed by atoms with Crippen molar-refractivity contribution in [2.45, 2.75) is 37.6 Å². The lowest BCUT2D eigenvalue weighted by Gasteiger charge is -2.14. The summed E-state index contributed by atoms with van der Waals surface area (Å²) in [6.45, 7) is 4.02. The molecule has 6 nitrogen and oxygen atoms in total. The van der Waals surface area contributed by atoms with Crippen LogP contribution in [0.25, 0.3) is 0 Å². The zero-order chi connectivity index (χ0) is 19.6. The average molecular weight is 409 g/mol. The molecule has 8 heteroatoms. The van der Waals surface area contributed by atoms with E-state index < -0.39 is 15.9 Å². The van der Waals surface area contributed by atoms with Crippen molar-refractivity contribution in [2.75, 3.05) is 11.9 Å². The van der Waals surface area contributed by atoms with Crippen molar-refractivity contribution in [1.29, 1.82) is 0 Å². The Morgan fingerprint density at radius 2 is 1.96 bits per heavy atom. The van der Waals surface area contributed by atoms with Gasteiger partial charge in [-0.1, -0.05) is 17.7 Å². The lowest BCUT2D eigenvalue weighted by atomic mass is 10.1. The Balaban J connectivity index is 1.89. The minimum Gasteiger partial charge on any atom is -0.492 e. The van der Waals surface area contributed by atoms with Crippen molar-refractivity contribution in [3.63, 3.8) is 0 Å². The topological polar surface area (TPSA) is 84.5 Å². The third kappa shape index (κ3) is 4.80. The number of sulfonamides is 1. The fraction of sp³-hybridized carbons (Fsp3) is 0.316. The molecule has 0 heterocycles. The Kier molecular flexibility index (Phi) is 5.74. The van der Waals surface area contributed by atoms with Gasteiger partial charge in [-0.3, -0.25) is 4.79 Å². The second-order valence-electron chi connectivity index (χ2n) is 6.40. The van der Waals surface area contributed by atoms with E-state index in [1.54, 1.807) is 31.2 Å². The van der Waals surface area contributed by atoms with E-state index in [0.29, 0.717) is 28.6 Å². The number of nitrogens with one attached hydrogen (secondary N) is 2. The molecule has 0 unspecified atom stereocenters. The fourth-order valence-corrected chi connectivity index (χ4v) is 4.08. The fourth-order valence-electron chi connectivity index (χ4n) is 2.57. The second-order valence-corrected chi connectivity index (χ2v) is 8.55. The predicted octanol–water partition coefficient (Wildman–Crippen LogP) is 3.74. The van der Waals surface area contributed by atoms with Crippen LogP contribution in [0.5, 0.6) is 5.75 Å². The van der Waals surface area contributed by atoms with Gasteiger partial charge in [0.1, 0.15) is 5.75 Å². The first kappa shape index (κ1) is 19.7. The summed E-state index contributed by atoms with van der Waals surface area (Å²) in [4.78, 5) is 12.9. The Morgan fingerprint density at radius 3 is 2.63 bits per heavy atom. The molecule has 1 saturated carbocycles. The van der Waals surface area contributed by atoms with E-state index in [2.05, 4.69) is 10.0 Å². The van der Waals surface area contributed by atoms with Gasteiger partial charge in [-0.25, -0.2) is 13.1 Å². The normalized spacial score (nSPS) is 14.0. The highest BCUT2D eigenvalue weighted by molar-refractivity contribution is 7.89. The van der Waals surface area contributed by atoms with Crippen molar-refractivity contribution in [3.05, 3.63) is 52.5 Å². The third-order valence-corrected chi connectivity index (χ3v) is 5.91. The minimum atomic E-state index is -3.64. The van der Waals surface area contributed by atoms with Gasteiger partial charge in [-0.15, -0.1) is 0 Å². The molecule has 144 valence electrons. The van der Waals surface area contributed by atoms with Crippen LogP contribution in [0.15, 0.2) is 41.3 Å². The molecule has 2 aromatic carbocycles. The maximum Gasteiger partial charge on any atom is 0.256 e. The molecule has 0 aromatic heterocycles. The first-order chi connectivity index (χ1) is 12.8.